The van der Waals surface area contributed by atoms with Gasteiger partial charge in [-0.05, 0) is 92.2 Å². The van der Waals surface area contributed by atoms with E-state index < -0.39 is 10.1 Å². The van der Waals surface area contributed by atoms with Crippen molar-refractivity contribution in [2.24, 2.45) is 0 Å². The molecule has 0 saturated carbocycles. The van der Waals surface area contributed by atoms with E-state index in [1.165, 1.54) is 16.7 Å². The molecule has 0 spiro atoms. The van der Waals surface area contributed by atoms with Gasteiger partial charge in [0.2, 0.25) is 0 Å². The van der Waals surface area contributed by atoms with E-state index in [0.29, 0.717) is 0 Å². The third-order valence-electron chi connectivity index (χ3n) is 5.12. The average molecular weight is 445 g/mol. The van der Waals surface area contributed by atoms with Gasteiger partial charge in [-0.15, -0.1) is 0 Å². The molecular formula is C27H40O3S. The average Bonchev–Trinajstić information content (AvgIpc) is 2.68. The lowest BCUT2D eigenvalue weighted by molar-refractivity contribution is 0.356. The van der Waals surface area contributed by atoms with E-state index in [9.17, 15) is 8.42 Å². The molecule has 31 heavy (non-hydrogen) atoms. The first kappa shape index (κ1) is 27.1. The monoisotopic (exact) mass is 444 g/mol. The minimum absolute atomic E-state index is 0.0710. The van der Waals surface area contributed by atoms with Crippen LogP contribution in [0.25, 0.3) is 0 Å². The second-order valence-corrected chi connectivity index (χ2v) is 10.2. The van der Waals surface area contributed by atoms with Crippen LogP contribution < -0.4 is 0 Å². The molecule has 0 heterocycles. The smallest absolute Gasteiger partial charge is 0.262 e. The van der Waals surface area contributed by atoms with Gasteiger partial charge in [-0.2, -0.15) is 8.42 Å². The number of rotatable bonds is 13. The summed E-state index contributed by atoms with van der Waals surface area (Å²) in [5, 5.41) is 0. The third-order valence-corrected chi connectivity index (χ3v) is 6.41. The minimum Gasteiger partial charge on any atom is -0.262 e. The van der Waals surface area contributed by atoms with Crippen molar-refractivity contribution < 1.29 is 12.6 Å². The molecule has 0 atom stereocenters. The summed E-state index contributed by atoms with van der Waals surface area (Å²) < 4.78 is 29.5. The maximum absolute atomic E-state index is 12.2. The quantitative estimate of drug-likeness (QED) is 0.230. The highest BCUT2D eigenvalue weighted by Crippen LogP contribution is 2.15. The summed E-state index contributed by atoms with van der Waals surface area (Å²) in [4.78, 5) is 0.198. The topological polar surface area (TPSA) is 43.4 Å². The van der Waals surface area contributed by atoms with Gasteiger partial charge in [0.05, 0.1) is 11.5 Å². The van der Waals surface area contributed by atoms with E-state index >= 15 is 0 Å². The van der Waals surface area contributed by atoms with Crippen molar-refractivity contribution in [1.29, 1.82) is 0 Å². The molecule has 1 aromatic carbocycles. The molecule has 0 aliphatic rings. The van der Waals surface area contributed by atoms with Gasteiger partial charge in [-0.1, -0.05) is 64.3 Å². The van der Waals surface area contributed by atoms with Crippen LogP contribution >= 0.6 is 0 Å². The summed E-state index contributed by atoms with van der Waals surface area (Å²) in [6, 6.07) is 6.70. The van der Waals surface area contributed by atoms with Crippen molar-refractivity contribution in [3.05, 3.63) is 76.4 Å². The Morgan fingerprint density at radius 3 is 1.68 bits per heavy atom. The molecular weight excluding hydrogens is 404 g/mol. The summed E-state index contributed by atoms with van der Waals surface area (Å²) in [6.45, 7) is 12.7. The molecule has 0 aromatic heterocycles. The molecule has 0 amide bonds. The molecule has 0 aliphatic heterocycles. The zero-order valence-corrected chi connectivity index (χ0v) is 21.0. The van der Waals surface area contributed by atoms with Crippen LogP contribution in [0, 0.1) is 6.92 Å². The Labute approximate surface area is 190 Å². The lowest BCUT2D eigenvalue weighted by Crippen LogP contribution is -2.06. The highest BCUT2D eigenvalue weighted by Gasteiger charge is 2.13. The van der Waals surface area contributed by atoms with Crippen LogP contribution in [-0.4, -0.2) is 15.0 Å². The Kier molecular flexibility index (Phi) is 12.4. The van der Waals surface area contributed by atoms with E-state index in [-0.39, 0.29) is 11.5 Å². The Morgan fingerprint density at radius 2 is 1.19 bits per heavy atom. The Morgan fingerprint density at radius 1 is 0.742 bits per heavy atom. The van der Waals surface area contributed by atoms with Gasteiger partial charge in [0, 0.05) is 0 Å². The van der Waals surface area contributed by atoms with Gasteiger partial charge >= 0.3 is 0 Å². The molecule has 0 radical (unpaired) electrons. The molecule has 1 rings (SSSR count). The molecule has 0 bridgehead atoms. The van der Waals surface area contributed by atoms with Crippen LogP contribution in [0.1, 0.15) is 78.7 Å². The van der Waals surface area contributed by atoms with Crippen molar-refractivity contribution in [2.45, 2.75) is 85.0 Å². The van der Waals surface area contributed by atoms with E-state index in [2.05, 4.69) is 45.9 Å². The fourth-order valence-corrected chi connectivity index (χ4v) is 3.88. The van der Waals surface area contributed by atoms with Crippen LogP contribution in [0.5, 0.6) is 0 Å². The van der Waals surface area contributed by atoms with Gasteiger partial charge in [0.1, 0.15) is 0 Å². The van der Waals surface area contributed by atoms with Gasteiger partial charge in [0.15, 0.2) is 0 Å². The molecule has 0 aliphatic carbocycles. The van der Waals surface area contributed by atoms with E-state index in [1.807, 2.05) is 19.9 Å². The number of benzene rings is 1. The predicted octanol–water partition coefficient (Wildman–Crippen LogP) is 7.85. The summed E-state index contributed by atoms with van der Waals surface area (Å²) in [5.74, 6) is 0. The van der Waals surface area contributed by atoms with E-state index in [0.717, 1.165) is 49.7 Å². The first-order valence-electron chi connectivity index (χ1n) is 11.2. The SMILES string of the molecule is CC(C)=CCCC(C)=CCCC(C)=CCCC(C)=CCOS(=O)(=O)c1ccc(C)cc1. The molecule has 0 unspecified atom stereocenters. The number of aryl methyl sites for hydroxylation is 1. The third kappa shape index (κ3) is 12.5. The van der Waals surface area contributed by atoms with Crippen molar-refractivity contribution >= 4 is 10.1 Å². The van der Waals surface area contributed by atoms with Crippen LogP contribution in [0.2, 0.25) is 0 Å². The maximum Gasteiger partial charge on any atom is 0.297 e. The van der Waals surface area contributed by atoms with E-state index in [1.54, 1.807) is 24.3 Å². The van der Waals surface area contributed by atoms with Crippen molar-refractivity contribution in [1.82, 2.24) is 0 Å². The summed E-state index contributed by atoms with van der Waals surface area (Å²) in [7, 11) is -3.70. The van der Waals surface area contributed by atoms with Crippen LogP contribution in [0.15, 0.2) is 75.8 Å². The fourth-order valence-electron chi connectivity index (χ4n) is 3.03. The standard InChI is InChI=1S/C27H40O3S/c1-22(2)10-7-11-23(3)12-8-13-24(4)14-9-15-25(5)20-21-30-31(28,29)27-18-16-26(6)17-19-27/h10,12,14,16-20H,7-9,11,13,15,21H2,1-6H3. The second kappa shape index (κ2) is 14.2. The molecule has 3 nitrogen and oxygen atoms in total. The molecule has 0 fully saturated rings. The number of hydrogen-bond acceptors (Lipinski definition) is 3. The number of hydrogen-bond donors (Lipinski definition) is 0. The largest absolute Gasteiger partial charge is 0.297 e. The first-order valence-corrected chi connectivity index (χ1v) is 12.6. The van der Waals surface area contributed by atoms with E-state index in [4.69, 9.17) is 4.18 Å². The van der Waals surface area contributed by atoms with Gasteiger partial charge < -0.3 is 0 Å². The molecule has 0 N–H and O–H groups in total. The normalized spacial score (nSPS) is 13.4. The van der Waals surface area contributed by atoms with Crippen LogP contribution in [-0.2, 0) is 14.3 Å². The van der Waals surface area contributed by atoms with Gasteiger partial charge in [-0.25, -0.2) is 0 Å². The lowest BCUT2D eigenvalue weighted by atomic mass is 10.0. The highest BCUT2D eigenvalue weighted by molar-refractivity contribution is 7.86. The Balaban J connectivity index is 2.35. The molecule has 172 valence electrons. The summed E-state index contributed by atoms with van der Waals surface area (Å²) >= 11 is 0. The van der Waals surface area contributed by atoms with Gasteiger partial charge in [0.25, 0.3) is 10.1 Å². The van der Waals surface area contributed by atoms with Gasteiger partial charge in [-0.3, -0.25) is 4.18 Å². The van der Waals surface area contributed by atoms with Crippen molar-refractivity contribution in [3.63, 3.8) is 0 Å². The highest BCUT2D eigenvalue weighted by atomic mass is 32.2. The van der Waals surface area contributed by atoms with Crippen molar-refractivity contribution in [3.8, 4) is 0 Å². The molecule has 4 heteroatoms. The minimum atomic E-state index is -3.70. The van der Waals surface area contributed by atoms with Crippen molar-refractivity contribution in [2.75, 3.05) is 6.61 Å². The lowest BCUT2D eigenvalue weighted by Gasteiger charge is -2.05. The molecule has 1 aromatic rings. The summed E-state index contributed by atoms with van der Waals surface area (Å²) in [5.41, 5.74) is 6.40. The summed E-state index contributed by atoms with van der Waals surface area (Å²) in [6.07, 6.45) is 15.1. The Hall–Kier alpha value is -1.91. The molecule has 0 saturated heterocycles. The predicted molar refractivity (Wildman–Crippen MR) is 133 cm³/mol. The van der Waals surface area contributed by atoms with Crippen LogP contribution in [0.3, 0.4) is 0 Å². The first-order chi connectivity index (χ1) is 14.6. The second-order valence-electron chi connectivity index (χ2n) is 8.60. The zero-order valence-electron chi connectivity index (χ0n) is 20.2. The number of allylic oxidation sites excluding steroid dienone is 7. The zero-order chi connectivity index (χ0) is 23.3. The maximum atomic E-state index is 12.2. The fraction of sp³-hybridized carbons (Fsp3) is 0.481. The Bertz CT molecular complexity index is 894. The van der Waals surface area contributed by atoms with Crippen LogP contribution in [0.4, 0.5) is 0 Å².